The summed E-state index contributed by atoms with van der Waals surface area (Å²) < 4.78 is 7.40. The molecule has 0 fully saturated rings. The summed E-state index contributed by atoms with van der Waals surface area (Å²) >= 11 is 3.31. The smallest absolute Gasteiger partial charge is 0.356 e. The van der Waals surface area contributed by atoms with E-state index in [9.17, 15) is 9.59 Å². The highest BCUT2D eigenvalue weighted by Crippen LogP contribution is 2.27. The van der Waals surface area contributed by atoms with E-state index < -0.39 is 5.97 Å². The van der Waals surface area contributed by atoms with Crippen LogP contribution in [-0.4, -0.2) is 33.6 Å². The molecule has 0 saturated carbocycles. The van der Waals surface area contributed by atoms with E-state index in [2.05, 4.69) is 26.2 Å². The summed E-state index contributed by atoms with van der Waals surface area (Å²) in [7, 11) is 1.51. The number of rotatable bonds is 5. The second-order valence-corrected chi connectivity index (χ2v) is 5.04. The Balaban J connectivity index is 2.06. The standard InChI is InChI=1S/C13H12BrN3O4/c1-21-11-4-8(14)2-3-9(11)16-12(18)6-17-5-10(13(19)20)15-7-17/h2-5,7H,6H2,1H3,(H,16,18)(H,19,20). The van der Waals surface area contributed by atoms with Crippen LogP contribution in [0.15, 0.2) is 35.2 Å². The number of carboxylic acids is 1. The molecule has 2 rings (SSSR count). The van der Waals surface area contributed by atoms with Crippen LogP contribution in [0, 0.1) is 0 Å². The first-order valence-corrected chi connectivity index (χ1v) is 6.67. The van der Waals surface area contributed by atoms with Gasteiger partial charge in [0.15, 0.2) is 5.69 Å². The van der Waals surface area contributed by atoms with Gasteiger partial charge in [-0.25, -0.2) is 9.78 Å². The first kappa shape index (κ1) is 15.0. The minimum atomic E-state index is -1.14. The third-order valence-electron chi connectivity index (χ3n) is 2.62. The Morgan fingerprint density at radius 1 is 1.48 bits per heavy atom. The van der Waals surface area contributed by atoms with Crippen molar-refractivity contribution in [2.45, 2.75) is 6.54 Å². The zero-order chi connectivity index (χ0) is 15.4. The number of carboxylic acid groups (broad SMARTS) is 1. The molecule has 0 atom stereocenters. The lowest BCUT2D eigenvalue weighted by atomic mass is 10.3. The van der Waals surface area contributed by atoms with Gasteiger partial charge in [0.25, 0.3) is 0 Å². The summed E-state index contributed by atoms with van der Waals surface area (Å²) in [5.41, 5.74) is 0.424. The predicted octanol–water partition coefficient (Wildman–Crippen LogP) is 1.99. The maximum absolute atomic E-state index is 11.9. The molecule has 0 bridgehead atoms. The van der Waals surface area contributed by atoms with Gasteiger partial charge in [-0.3, -0.25) is 4.79 Å². The molecule has 0 aliphatic carbocycles. The third kappa shape index (κ3) is 3.82. The van der Waals surface area contributed by atoms with Crippen molar-refractivity contribution in [1.29, 1.82) is 0 Å². The van der Waals surface area contributed by atoms with E-state index >= 15 is 0 Å². The fraction of sp³-hybridized carbons (Fsp3) is 0.154. The van der Waals surface area contributed by atoms with Crippen LogP contribution in [0.4, 0.5) is 5.69 Å². The number of carbonyl (C=O) groups is 2. The molecule has 7 nitrogen and oxygen atoms in total. The lowest BCUT2D eigenvalue weighted by Crippen LogP contribution is -2.18. The molecule has 1 amide bonds. The Bertz CT molecular complexity index is 684. The first-order chi connectivity index (χ1) is 9.99. The maximum atomic E-state index is 11.9. The Hall–Kier alpha value is -2.35. The third-order valence-corrected chi connectivity index (χ3v) is 3.11. The monoisotopic (exact) mass is 353 g/mol. The number of aromatic nitrogens is 2. The number of amides is 1. The average molecular weight is 354 g/mol. The van der Waals surface area contributed by atoms with Crippen LogP contribution in [0.3, 0.4) is 0 Å². The second kappa shape index (κ2) is 6.40. The van der Waals surface area contributed by atoms with Gasteiger partial charge in [0.1, 0.15) is 12.3 Å². The molecular weight excluding hydrogens is 342 g/mol. The molecular formula is C13H12BrN3O4. The molecule has 21 heavy (non-hydrogen) atoms. The lowest BCUT2D eigenvalue weighted by molar-refractivity contribution is -0.116. The summed E-state index contributed by atoms with van der Waals surface area (Å²) in [6.07, 6.45) is 2.59. The van der Waals surface area contributed by atoms with Crippen LogP contribution in [0.5, 0.6) is 5.75 Å². The zero-order valence-corrected chi connectivity index (χ0v) is 12.6. The van der Waals surface area contributed by atoms with Crippen molar-refractivity contribution in [3.05, 3.63) is 40.9 Å². The highest BCUT2D eigenvalue weighted by atomic mass is 79.9. The molecule has 2 N–H and O–H groups in total. The van der Waals surface area contributed by atoms with Crippen LogP contribution in [0.25, 0.3) is 0 Å². The molecule has 0 saturated heterocycles. The molecule has 1 aromatic heterocycles. The molecule has 0 radical (unpaired) electrons. The Morgan fingerprint density at radius 2 is 2.24 bits per heavy atom. The van der Waals surface area contributed by atoms with Gasteiger partial charge in [0.05, 0.1) is 19.1 Å². The van der Waals surface area contributed by atoms with Crippen molar-refractivity contribution < 1.29 is 19.4 Å². The number of aromatic carboxylic acids is 1. The number of hydrogen-bond donors (Lipinski definition) is 2. The number of anilines is 1. The first-order valence-electron chi connectivity index (χ1n) is 5.88. The number of carbonyl (C=O) groups excluding carboxylic acids is 1. The zero-order valence-electron chi connectivity index (χ0n) is 11.0. The number of nitrogens with zero attached hydrogens (tertiary/aromatic N) is 2. The average Bonchev–Trinajstić information content (AvgIpc) is 2.89. The van der Waals surface area contributed by atoms with Gasteiger partial charge < -0.3 is 19.7 Å². The maximum Gasteiger partial charge on any atom is 0.356 e. The fourth-order valence-corrected chi connectivity index (χ4v) is 2.02. The van der Waals surface area contributed by atoms with Crippen molar-refractivity contribution in [3.8, 4) is 5.75 Å². The minimum absolute atomic E-state index is 0.0422. The van der Waals surface area contributed by atoms with Gasteiger partial charge in [-0.05, 0) is 18.2 Å². The van der Waals surface area contributed by atoms with E-state index in [0.717, 1.165) is 4.47 Å². The van der Waals surface area contributed by atoms with Crippen LogP contribution < -0.4 is 10.1 Å². The van der Waals surface area contributed by atoms with Crippen LogP contribution in [0.1, 0.15) is 10.5 Å². The summed E-state index contributed by atoms with van der Waals surface area (Å²) in [5, 5.41) is 11.5. The number of benzene rings is 1. The number of imidazole rings is 1. The van der Waals surface area contributed by atoms with E-state index in [4.69, 9.17) is 9.84 Å². The molecule has 0 aliphatic heterocycles. The van der Waals surface area contributed by atoms with E-state index in [0.29, 0.717) is 11.4 Å². The van der Waals surface area contributed by atoms with Gasteiger partial charge in [-0.2, -0.15) is 0 Å². The predicted molar refractivity (Wildman–Crippen MR) is 78.5 cm³/mol. The van der Waals surface area contributed by atoms with Crippen molar-refractivity contribution in [2.24, 2.45) is 0 Å². The van der Waals surface area contributed by atoms with Crippen LogP contribution in [0.2, 0.25) is 0 Å². The summed E-state index contributed by atoms with van der Waals surface area (Å²) in [5.74, 6) is -0.928. The Labute approximate surface area is 128 Å². The van der Waals surface area contributed by atoms with Gasteiger partial charge in [0.2, 0.25) is 5.91 Å². The summed E-state index contributed by atoms with van der Waals surface area (Å²) in [4.78, 5) is 26.3. The normalized spacial score (nSPS) is 10.2. The molecule has 0 aliphatic rings. The Kier molecular flexibility index (Phi) is 4.59. The highest BCUT2D eigenvalue weighted by molar-refractivity contribution is 9.10. The molecule has 2 aromatic rings. The van der Waals surface area contributed by atoms with Crippen molar-refractivity contribution >= 4 is 33.5 Å². The Morgan fingerprint density at radius 3 is 2.86 bits per heavy atom. The molecule has 1 heterocycles. The van der Waals surface area contributed by atoms with Crippen LogP contribution in [-0.2, 0) is 11.3 Å². The minimum Gasteiger partial charge on any atom is -0.495 e. The molecule has 8 heteroatoms. The topological polar surface area (TPSA) is 93.5 Å². The quantitative estimate of drug-likeness (QED) is 0.857. The van der Waals surface area contributed by atoms with Crippen LogP contribution >= 0.6 is 15.9 Å². The SMILES string of the molecule is COc1cc(Br)ccc1NC(=O)Cn1cnc(C(=O)O)c1. The summed E-state index contributed by atoms with van der Waals surface area (Å²) in [6.45, 7) is -0.0422. The largest absolute Gasteiger partial charge is 0.495 e. The number of nitrogens with one attached hydrogen (secondary N) is 1. The van der Waals surface area contributed by atoms with Gasteiger partial charge >= 0.3 is 5.97 Å². The number of hydrogen-bond acceptors (Lipinski definition) is 4. The fourth-order valence-electron chi connectivity index (χ4n) is 1.68. The van der Waals surface area contributed by atoms with E-state index in [1.165, 1.54) is 24.2 Å². The second-order valence-electron chi connectivity index (χ2n) is 4.13. The molecule has 0 spiro atoms. The van der Waals surface area contributed by atoms with Gasteiger partial charge in [0, 0.05) is 10.7 Å². The lowest BCUT2D eigenvalue weighted by Gasteiger charge is -2.10. The van der Waals surface area contributed by atoms with Crippen molar-refractivity contribution in [3.63, 3.8) is 0 Å². The molecule has 0 unspecified atom stereocenters. The molecule has 1 aromatic carbocycles. The van der Waals surface area contributed by atoms with Crippen molar-refractivity contribution in [1.82, 2.24) is 9.55 Å². The highest BCUT2D eigenvalue weighted by Gasteiger charge is 2.11. The van der Waals surface area contributed by atoms with Gasteiger partial charge in [-0.1, -0.05) is 15.9 Å². The number of ether oxygens (including phenoxy) is 1. The summed E-state index contributed by atoms with van der Waals surface area (Å²) in [6, 6.07) is 5.21. The molecule has 110 valence electrons. The van der Waals surface area contributed by atoms with Gasteiger partial charge in [-0.15, -0.1) is 0 Å². The number of halogens is 1. The van der Waals surface area contributed by atoms with E-state index in [-0.39, 0.29) is 18.1 Å². The van der Waals surface area contributed by atoms with E-state index in [1.54, 1.807) is 18.2 Å². The van der Waals surface area contributed by atoms with Crippen molar-refractivity contribution in [2.75, 3.05) is 12.4 Å². The van der Waals surface area contributed by atoms with E-state index in [1.807, 2.05) is 0 Å². The number of methoxy groups -OCH3 is 1.